The lowest BCUT2D eigenvalue weighted by molar-refractivity contribution is -0.123. The quantitative estimate of drug-likeness (QED) is 0.390. The Labute approximate surface area is 201 Å². The van der Waals surface area contributed by atoms with Crippen molar-refractivity contribution in [3.63, 3.8) is 0 Å². The Morgan fingerprint density at radius 1 is 1.36 bits per heavy atom. The highest BCUT2D eigenvalue weighted by molar-refractivity contribution is 6.30. The van der Waals surface area contributed by atoms with Crippen LogP contribution in [0.5, 0.6) is 0 Å². The minimum atomic E-state index is -1.26. The normalized spacial score (nSPS) is 28.5. The maximum Gasteiger partial charge on any atom is 0.237 e. The molecule has 33 heavy (non-hydrogen) atoms. The minimum absolute atomic E-state index is 0.00912. The molecule has 0 spiro atoms. The third kappa shape index (κ3) is 6.25. The molecule has 0 radical (unpaired) electrons. The van der Waals surface area contributed by atoms with Crippen LogP contribution in [0.3, 0.4) is 0 Å². The molecule has 0 aromatic heterocycles. The van der Waals surface area contributed by atoms with E-state index in [0.717, 1.165) is 19.3 Å². The Bertz CT molecular complexity index is 826. The summed E-state index contributed by atoms with van der Waals surface area (Å²) in [7, 11) is 0. The number of rotatable bonds is 8. The highest BCUT2D eigenvalue weighted by Crippen LogP contribution is 2.43. The van der Waals surface area contributed by atoms with Crippen molar-refractivity contribution in [3.05, 3.63) is 34.6 Å². The van der Waals surface area contributed by atoms with E-state index in [1.54, 1.807) is 12.1 Å². The molecule has 6 N–H and O–H groups in total. The molecular weight excluding hydrogens is 445 g/mol. The molecule has 0 bridgehead atoms. The number of hydrogen-bond acceptors (Lipinski definition) is 5. The molecule has 3 rings (SSSR count). The van der Waals surface area contributed by atoms with Gasteiger partial charge >= 0.3 is 0 Å². The van der Waals surface area contributed by atoms with Crippen molar-refractivity contribution in [2.45, 2.75) is 101 Å². The van der Waals surface area contributed by atoms with Gasteiger partial charge in [-0.2, -0.15) is 0 Å². The SMILES string of the molecule is CC1(C[C@@H]2N[C@@H](C(=O)NCC[C@H](O)C(C)(C)O)[C@H](c3cccc(Cl)c3F)C2N)CCCCC1. The lowest BCUT2D eigenvalue weighted by Crippen LogP contribution is -2.47. The van der Waals surface area contributed by atoms with E-state index in [0.29, 0.717) is 5.56 Å². The van der Waals surface area contributed by atoms with Gasteiger partial charge in [0.15, 0.2) is 0 Å². The van der Waals surface area contributed by atoms with E-state index in [-0.39, 0.29) is 35.4 Å². The van der Waals surface area contributed by atoms with Gasteiger partial charge in [-0.15, -0.1) is 0 Å². The first-order chi connectivity index (χ1) is 15.4. The summed E-state index contributed by atoms with van der Waals surface area (Å²) in [5, 5.41) is 26.2. The van der Waals surface area contributed by atoms with Gasteiger partial charge in [0.2, 0.25) is 5.91 Å². The molecule has 186 valence electrons. The number of carbonyl (C=O) groups is 1. The second-order valence-electron chi connectivity index (χ2n) is 10.8. The van der Waals surface area contributed by atoms with Crippen LogP contribution in [0.1, 0.15) is 77.2 Å². The number of nitrogens with two attached hydrogens (primary N) is 1. The van der Waals surface area contributed by atoms with E-state index in [9.17, 15) is 15.0 Å². The van der Waals surface area contributed by atoms with Gasteiger partial charge in [0, 0.05) is 24.5 Å². The van der Waals surface area contributed by atoms with Gasteiger partial charge in [-0.3, -0.25) is 4.79 Å². The molecule has 1 unspecified atom stereocenters. The first kappa shape index (κ1) is 26.4. The number of carbonyl (C=O) groups excluding carboxylic acids is 1. The van der Waals surface area contributed by atoms with Gasteiger partial charge in [-0.05, 0) is 56.6 Å². The van der Waals surface area contributed by atoms with Crippen molar-refractivity contribution in [1.29, 1.82) is 0 Å². The Morgan fingerprint density at radius 3 is 2.67 bits per heavy atom. The van der Waals surface area contributed by atoms with Crippen molar-refractivity contribution in [2.75, 3.05) is 6.54 Å². The van der Waals surface area contributed by atoms with Crippen molar-refractivity contribution in [3.8, 4) is 0 Å². The lowest BCUT2D eigenvalue weighted by Gasteiger charge is -2.37. The fourth-order valence-corrected chi connectivity index (χ4v) is 5.63. The zero-order chi connectivity index (χ0) is 24.4. The molecule has 5 atom stereocenters. The average molecular weight is 484 g/mol. The van der Waals surface area contributed by atoms with Gasteiger partial charge < -0.3 is 26.6 Å². The molecule has 1 aromatic carbocycles. The van der Waals surface area contributed by atoms with E-state index < -0.39 is 35.5 Å². The van der Waals surface area contributed by atoms with Gasteiger partial charge in [0.25, 0.3) is 0 Å². The summed E-state index contributed by atoms with van der Waals surface area (Å²) in [4.78, 5) is 13.2. The molecule has 1 saturated heterocycles. The third-order valence-electron chi connectivity index (χ3n) is 7.56. The number of hydrogen-bond donors (Lipinski definition) is 5. The summed E-state index contributed by atoms with van der Waals surface area (Å²) in [5.41, 5.74) is 5.92. The smallest absolute Gasteiger partial charge is 0.237 e. The number of benzene rings is 1. The van der Waals surface area contributed by atoms with E-state index in [2.05, 4.69) is 17.6 Å². The fraction of sp³-hybridized carbons (Fsp3) is 0.720. The number of amides is 1. The number of nitrogens with one attached hydrogen (secondary N) is 2. The molecule has 1 aliphatic carbocycles. The van der Waals surface area contributed by atoms with Crippen LogP contribution in [0.25, 0.3) is 0 Å². The first-order valence-corrected chi connectivity index (χ1v) is 12.4. The van der Waals surface area contributed by atoms with Gasteiger partial charge in [0.1, 0.15) is 5.82 Å². The molecule has 1 amide bonds. The fourth-order valence-electron chi connectivity index (χ4n) is 5.45. The molecule has 2 fully saturated rings. The van der Waals surface area contributed by atoms with Crippen molar-refractivity contribution >= 4 is 17.5 Å². The number of aliphatic hydroxyl groups excluding tert-OH is 1. The van der Waals surface area contributed by atoms with Crippen LogP contribution in [0.15, 0.2) is 18.2 Å². The summed E-state index contributed by atoms with van der Waals surface area (Å²) in [6.45, 7) is 5.50. The van der Waals surface area contributed by atoms with Crippen molar-refractivity contribution in [1.82, 2.24) is 10.6 Å². The van der Waals surface area contributed by atoms with Crippen LogP contribution in [-0.2, 0) is 4.79 Å². The summed E-state index contributed by atoms with van der Waals surface area (Å²) < 4.78 is 15.0. The molecule has 8 heteroatoms. The molecule has 6 nitrogen and oxygen atoms in total. The molecule has 1 aliphatic heterocycles. The summed E-state index contributed by atoms with van der Waals surface area (Å²) in [6.07, 6.45) is 5.93. The van der Waals surface area contributed by atoms with Crippen LogP contribution < -0.4 is 16.4 Å². The van der Waals surface area contributed by atoms with Crippen LogP contribution in [0, 0.1) is 11.2 Å². The number of aliphatic hydroxyl groups is 2. The zero-order valence-corrected chi connectivity index (χ0v) is 20.7. The third-order valence-corrected chi connectivity index (χ3v) is 7.85. The van der Waals surface area contributed by atoms with Crippen LogP contribution >= 0.6 is 11.6 Å². The zero-order valence-electron chi connectivity index (χ0n) is 19.9. The molecule has 2 aliphatic rings. The van der Waals surface area contributed by atoms with Gasteiger partial charge in [-0.25, -0.2) is 4.39 Å². The maximum absolute atomic E-state index is 15.0. The van der Waals surface area contributed by atoms with E-state index in [4.69, 9.17) is 17.3 Å². The molecular formula is C25H39ClFN3O3. The van der Waals surface area contributed by atoms with Gasteiger partial charge in [0.05, 0.1) is 22.8 Å². The molecule has 1 aromatic rings. The predicted molar refractivity (Wildman–Crippen MR) is 129 cm³/mol. The Balaban J connectivity index is 1.79. The van der Waals surface area contributed by atoms with Crippen molar-refractivity contribution < 1.29 is 19.4 Å². The van der Waals surface area contributed by atoms with Gasteiger partial charge in [-0.1, -0.05) is 49.9 Å². The van der Waals surface area contributed by atoms with Crippen molar-refractivity contribution in [2.24, 2.45) is 11.1 Å². The topological polar surface area (TPSA) is 108 Å². The predicted octanol–water partition coefficient (Wildman–Crippen LogP) is 3.23. The number of halogens is 2. The van der Waals surface area contributed by atoms with Crippen LogP contribution in [0.2, 0.25) is 5.02 Å². The maximum atomic E-state index is 15.0. The Morgan fingerprint density at radius 2 is 2.03 bits per heavy atom. The standard InChI is InChI=1S/C25H39ClFN3O3/c1-24(2,33)18(31)10-13-29-23(32)22-19(15-8-7-9-16(26)20(15)27)21(28)17(30-22)14-25(3)11-5-4-6-12-25/h7-9,17-19,21-22,30-31,33H,4-6,10-14,28H2,1-3H3,(H,29,32)/t17-,18-,19+,21?,22+/m0/s1. The average Bonchev–Trinajstić information content (AvgIpc) is 3.05. The largest absolute Gasteiger partial charge is 0.390 e. The molecule has 1 saturated carbocycles. The Hall–Kier alpha value is -1.25. The van der Waals surface area contributed by atoms with E-state index in [1.165, 1.54) is 39.2 Å². The van der Waals surface area contributed by atoms with E-state index >= 15 is 4.39 Å². The summed E-state index contributed by atoms with van der Waals surface area (Å²) in [5.74, 6) is -1.41. The van der Waals surface area contributed by atoms with Crippen LogP contribution in [-0.4, -0.2) is 52.5 Å². The monoisotopic (exact) mass is 483 g/mol. The first-order valence-electron chi connectivity index (χ1n) is 12.1. The lowest BCUT2D eigenvalue weighted by atomic mass is 9.70. The Kier molecular flexibility index (Phi) is 8.44. The van der Waals surface area contributed by atoms with Crippen LogP contribution in [0.4, 0.5) is 4.39 Å². The highest BCUT2D eigenvalue weighted by atomic mass is 35.5. The summed E-state index contributed by atoms with van der Waals surface area (Å²) in [6, 6.07) is 3.52. The second kappa shape index (κ2) is 10.6. The van der Waals surface area contributed by atoms with E-state index in [1.807, 2.05) is 0 Å². The summed E-state index contributed by atoms with van der Waals surface area (Å²) >= 11 is 6.05. The molecule has 1 heterocycles. The second-order valence-corrected chi connectivity index (χ2v) is 11.2. The minimum Gasteiger partial charge on any atom is -0.390 e. The highest BCUT2D eigenvalue weighted by Gasteiger charge is 2.48.